The number of rotatable bonds is 4. The van der Waals surface area contributed by atoms with Crippen LogP contribution >= 0.6 is 0 Å². The van der Waals surface area contributed by atoms with Crippen LogP contribution in [0.3, 0.4) is 0 Å². The zero-order chi connectivity index (χ0) is 15.4. The van der Waals surface area contributed by atoms with Crippen molar-refractivity contribution in [1.29, 1.82) is 0 Å². The molecule has 0 saturated heterocycles. The maximum Gasteiger partial charge on any atom is 0.310 e. The van der Waals surface area contributed by atoms with E-state index in [4.69, 9.17) is 4.74 Å². The average molecular weight is 282 g/mol. The van der Waals surface area contributed by atoms with E-state index in [0.29, 0.717) is 6.42 Å². The van der Waals surface area contributed by atoms with Crippen LogP contribution in [0.1, 0.15) is 40.8 Å². The maximum absolute atomic E-state index is 12.1. The monoisotopic (exact) mass is 282 g/mol. The molecule has 0 N–H and O–H groups in total. The Balaban J connectivity index is 2.08. The molecule has 0 fully saturated rings. The molecule has 0 aliphatic carbocycles. The van der Waals surface area contributed by atoms with Gasteiger partial charge < -0.3 is 4.74 Å². The topological polar surface area (TPSA) is 26.3 Å². The van der Waals surface area contributed by atoms with E-state index in [1.807, 2.05) is 37.3 Å². The van der Waals surface area contributed by atoms with Gasteiger partial charge in [0.1, 0.15) is 6.10 Å². The average Bonchev–Trinajstić information content (AvgIpc) is 2.38. The van der Waals surface area contributed by atoms with Gasteiger partial charge in [-0.1, -0.05) is 48.0 Å². The first-order chi connectivity index (χ1) is 9.97. The van der Waals surface area contributed by atoms with E-state index >= 15 is 0 Å². The number of carbonyl (C=O) groups excluding carboxylic acids is 1. The molecule has 0 aliphatic heterocycles. The molecule has 2 nitrogen and oxygen atoms in total. The first-order valence-corrected chi connectivity index (χ1v) is 7.28. The minimum atomic E-state index is -0.221. The predicted molar refractivity (Wildman–Crippen MR) is 85.3 cm³/mol. The van der Waals surface area contributed by atoms with Crippen LogP contribution in [0.5, 0.6) is 0 Å². The smallest absolute Gasteiger partial charge is 0.310 e. The molecular weight excluding hydrogens is 260 g/mol. The second-order valence-corrected chi connectivity index (χ2v) is 5.61. The normalized spacial score (nSPS) is 12.0. The van der Waals surface area contributed by atoms with Gasteiger partial charge in [-0.2, -0.15) is 0 Å². The molecule has 0 aromatic heterocycles. The van der Waals surface area contributed by atoms with Crippen LogP contribution in [-0.4, -0.2) is 5.97 Å². The number of aryl methyl sites for hydroxylation is 3. The summed E-state index contributed by atoms with van der Waals surface area (Å²) in [5.41, 5.74) is 5.67. The van der Waals surface area contributed by atoms with Crippen LogP contribution in [-0.2, 0) is 16.0 Å². The van der Waals surface area contributed by atoms with Gasteiger partial charge in [-0.3, -0.25) is 4.79 Å². The second-order valence-electron chi connectivity index (χ2n) is 5.61. The lowest BCUT2D eigenvalue weighted by Gasteiger charge is -2.19. The largest absolute Gasteiger partial charge is 0.458 e. The number of ether oxygens (including phenoxy) is 1. The lowest BCUT2D eigenvalue weighted by Crippen LogP contribution is -2.13. The van der Waals surface area contributed by atoms with Crippen molar-refractivity contribution in [1.82, 2.24) is 0 Å². The van der Waals surface area contributed by atoms with Gasteiger partial charge in [-0.25, -0.2) is 0 Å². The summed E-state index contributed by atoms with van der Waals surface area (Å²) in [5, 5.41) is 0. The number of esters is 1. The zero-order valence-electron chi connectivity index (χ0n) is 13.1. The number of hydrogen-bond donors (Lipinski definition) is 0. The molecule has 1 atom stereocenters. The minimum absolute atomic E-state index is 0.187. The van der Waals surface area contributed by atoms with Crippen molar-refractivity contribution in [3.8, 4) is 0 Å². The third-order valence-electron chi connectivity index (χ3n) is 3.64. The molecule has 0 spiro atoms. The van der Waals surface area contributed by atoms with E-state index in [1.165, 1.54) is 16.7 Å². The fraction of sp³-hybridized carbons (Fsp3) is 0.316. The Labute approximate surface area is 126 Å². The van der Waals surface area contributed by atoms with Crippen molar-refractivity contribution in [2.24, 2.45) is 0 Å². The predicted octanol–water partition coefficient (Wildman–Crippen LogP) is 4.46. The molecule has 2 aromatic carbocycles. The van der Waals surface area contributed by atoms with Gasteiger partial charge >= 0.3 is 5.97 Å². The Morgan fingerprint density at radius 1 is 1.05 bits per heavy atom. The molecule has 0 unspecified atom stereocenters. The third-order valence-corrected chi connectivity index (χ3v) is 3.64. The van der Waals surface area contributed by atoms with E-state index in [-0.39, 0.29) is 12.1 Å². The molecule has 0 heterocycles. The van der Waals surface area contributed by atoms with Gasteiger partial charge in [0.05, 0.1) is 6.42 Å². The molecule has 0 saturated carbocycles. The molecule has 2 aromatic rings. The Morgan fingerprint density at radius 2 is 1.62 bits per heavy atom. The summed E-state index contributed by atoms with van der Waals surface area (Å²) in [4.78, 5) is 12.1. The van der Waals surface area contributed by atoms with E-state index in [9.17, 15) is 4.79 Å². The van der Waals surface area contributed by atoms with Gasteiger partial charge in [-0.15, -0.1) is 0 Å². The Kier molecular flexibility index (Phi) is 4.79. The standard InChI is InChI=1S/C19H22O2/c1-13-10-14(2)19(15(3)11-13)16(4)21-18(20)12-17-8-6-5-7-9-17/h5-11,16H,12H2,1-4H3/t16-/m0/s1. The number of carbonyl (C=O) groups is 1. The third kappa shape index (κ3) is 3.94. The van der Waals surface area contributed by atoms with E-state index in [2.05, 4.69) is 32.9 Å². The fourth-order valence-electron chi connectivity index (χ4n) is 2.89. The number of hydrogen-bond acceptors (Lipinski definition) is 2. The molecule has 21 heavy (non-hydrogen) atoms. The maximum atomic E-state index is 12.1. The molecule has 2 rings (SSSR count). The molecule has 0 amide bonds. The highest BCUT2D eigenvalue weighted by Crippen LogP contribution is 2.26. The van der Waals surface area contributed by atoms with Gasteiger partial charge in [0, 0.05) is 0 Å². The summed E-state index contributed by atoms with van der Waals surface area (Å²) < 4.78 is 5.60. The summed E-state index contributed by atoms with van der Waals surface area (Å²) in [7, 11) is 0. The van der Waals surface area contributed by atoms with Crippen LogP contribution in [0.2, 0.25) is 0 Å². The first-order valence-electron chi connectivity index (χ1n) is 7.28. The van der Waals surface area contributed by atoms with E-state index in [1.54, 1.807) is 0 Å². The van der Waals surface area contributed by atoms with Crippen LogP contribution in [0.4, 0.5) is 0 Å². The van der Waals surface area contributed by atoms with Crippen molar-refractivity contribution in [3.05, 3.63) is 70.3 Å². The lowest BCUT2D eigenvalue weighted by molar-refractivity contribution is -0.147. The quantitative estimate of drug-likeness (QED) is 0.774. The molecule has 0 bridgehead atoms. The number of benzene rings is 2. The van der Waals surface area contributed by atoms with Crippen molar-refractivity contribution in [2.45, 2.75) is 40.2 Å². The summed E-state index contributed by atoms with van der Waals surface area (Å²) >= 11 is 0. The Bertz CT molecular complexity index is 606. The van der Waals surface area contributed by atoms with Crippen LogP contribution in [0, 0.1) is 20.8 Å². The molecular formula is C19H22O2. The van der Waals surface area contributed by atoms with Crippen molar-refractivity contribution < 1.29 is 9.53 Å². The van der Waals surface area contributed by atoms with Gasteiger partial charge in [0.15, 0.2) is 0 Å². The molecule has 0 aliphatic rings. The highest BCUT2D eigenvalue weighted by Gasteiger charge is 2.16. The zero-order valence-corrected chi connectivity index (χ0v) is 13.1. The van der Waals surface area contributed by atoms with Gasteiger partial charge in [0.2, 0.25) is 0 Å². The Morgan fingerprint density at radius 3 is 2.19 bits per heavy atom. The minimum Gasteiger partial charge on any atom is -0.458 e. The summed E-state index contributed by atoms with van der Waals surface area (Å²) in [6, 6.07) is 13.9. The lowest BCUT2D eigenvalue weighted by atomic mass is 9.96. The van der Waals surface area contributed by atoms with Crippen LogP contribution in [0.15, 0.2) is 42.5 Å². The summed E-state index contributed by atoms with van der Waals surface area (Å²) in [6.45, 7) is 8.15. The van der Waals surface area contributed by atoms with Gasteiger partial charge in [0.25, 0.3) is 0 Å². The van der Waals surface area contributed by atoms with E-state index < -0.39 is 0 Å². The highest BCUT2D eigenvalue weighted by atomic mass is 16.5. The molecule has 0 radical (unpaired) electrons. The molecule has 2 heteroatoms. The van der Waals surface area contributed by atoms with E-state index in [0.717, 1.165) is 11.1 Å². The summed E-state index contributed by atoms with van der Waals surface area (Å²) in [5.74, 6) is -0.187. The van der Waals surface area contributed by atoms with Crippen molar-refractivity contribution in [3.63, 3.8) is 0 Å². The Hall–Kier alpha value is -2.09. The summed E-state index contributed by atoms with van der Waals surface area (Å²) in [6.07, 6.45) is 0.0941. The van der Waals surface area contributed by atoms with Crippen molar-refractivity contribution in [2.75, 3.05) is 0 Å². The van der Waals surface area contributed by atoms with Gasteiger partial charge in [-0.05, 0) is 49.9 Å². The van der Waals surface area contributed by atoms with Crippen LogP contribution < -0.4 is 0 Å². The fourth-order valence-corrected chi connectivity index (χ4v) is 2.89. The van der Waals surface area contributed by atoms with Crippen LogP contribution in [0.25, 0.3) is 0 Å². The van der Waals surface area contributed by atoms with Crippen molar-refractivity contribution >= 4 is 5.97 Å². The second kappa shape index (κ2) is 6.57. The SMILES string of the molecule is Cc1cc(C)c([C@H](C)OC(=O)Cc2ccccc2)c(C)c1. The highest BCUT2D eigenvalue weighted by molar-refractivity contribution is 5.73. The molecule has 110 valence electrons. The first kappa shape index (κ1) is 15.3.